The number of fused-ring (bicyclic) bond motifs is 1. The van der Waals surface area contributed by atoms with Crippen LogP contribution in [0.25, 0.3) is 0 Å². The Kier molecular flexibility index (Phi) is 1.69. The minimum atomic E-state index is -0.626. The number of rotatable bonds is 0. The van der Waals surface area contributed by atoms with E-state index >= 15 is 0 Å². The average Bonchev–Trinajstić information content (AvgIpc) is 2.36. The molecule has 2 amide bonds. The largest absolute Gasteiger partial charge is 0.351 e. The van der Waals surface area contributed by atoms with Gasteiger partial charge in [-0.3, -0.25) is 9.59 Å². The van der Waals surface area contributed by atoms with Crippen LogP contribution >= 0.6 is 0 Å². The van der Waals surface area contributed by atoms with Crippen molar-refractivity contribution in [1.82, 2.24) is 10.6 Å². The predicted molar refractivity (Wildman–Crippen MR) is 46.7 cm³/mol. The van der Waals surface area contributed by atoms with E-state index in [1.54, 1.807) is 0 Å². The highest BCUT2D eigenvalue weighted by atomic mass is 16.2. The number of hydrogen-bond acceptors (Lipinski definition) is 2. The summed E-state index contributed by atoms with van der Waals surface area (Å²) in [7, 11) is 0. The van der Waals surface area contributed by atoms with Crippen molar-refractivity contribution in [2.75, 3.05) is 13.1 Å². The summed E-state index contributed by atoms with van der Waals surface area (Å²) in [6.45, 7) is 4.67. The predicted octanol–water partition coefficient (Wildman–Crippen LogP) is -0.655. The second kappa shape index (κ2) is 2.73. The molecule has 0 aromatic rings. The van der Waals surface area contributed by atoms with E-state index in [0.717, 1.165) is 11.1 Å². The van der Waals surface area contributed by atoms with Crippen LogP contribution in [-0.4, -0.2) is 24.9 Å². The molecule has 2 N–H and O–H groups in total. The zero-order chi connectivity index (χ0) is 9.42. The minimum Gasteiger partial charge on any atom is -0.351 e. The maximum absolute atomic E-state index is 11.4. The van der Waals surface area contributed by atoms with Crippen LogP contribution in [0.1, 0.15) is 0 Å². The fourth-order valence-corrected chi connectivity index (χ4v) is 1.60. The first-order valence-electron chi connectivity index (χ1n) is 4.12. The van der Waals surface area contributed by atoms with Crippen molar-refractivity contribution in [2.45, 2.75) is 0 Å². The van der Waals surface area contributed by atoms with Crippen LogP contribution in [0, 0.1) is 5.92 Å². The van der Waals surface area contributed by atoms with Crippen LogP contribution < -0.4 is 10.6 Å². The Morgan fingerprint density at radius 3 is 2.54 bits per heavy atom. The lowest BCUT2D eigenvalue weighted by Crippen LogP contribution is -2.35. The molecule has 0 aromatic carbocycles. The van der Waals surface area contributed by atoms with Crippen molar-refractivity contribution in [1.29, 1.82) is 0 Å². The van der Waals surface area contributed by atoms with Gasteiger partial charge in [-0.15, -0.1) is 0 Å². The van der Waals surface area contributed by atoms with Gasteiger partial charge in [-0.2, -0.15) is 0 Å². The Morgan fingerprint density at radius 1 is 1.23 bits per heavy atom. The Hall–Kier alpha value is -1.58. The molecule has 0 aromatic heterocycles. The summed E-state index contributed by atoms with van der Waals surface area (Å²) in [6, 6.07) is 0. The van der Waals surface area contributed by atoms with E-state index in [-0.39, 0.29) is 11.8 Å². The molecule has 0 spiro atoms. The molecule has 13 heavy (non-hydrogen) atoms. The highest BCUT2D eigenvalue weighted by Crippen LogP contribution is 2.20. The second-order valence-corrected chi connectivity index (χ2v) is 3.25. The van der Waals surface area contributed by atoms with E-state index in [4.69, 9.17) is 0 Å². The van der Waals surface area contributed by atoms with Gasteiger partial charge in [0.2, 0.25) is 11.8 Å². The van der Waals surface area contributed by atoms with Crippen LogP contribution in [-0.2, 0) is 9.59 Å². The zero-order valence-electron chi connectivity index (χ0n) is 7.09. The summed E-state index contributed by atoms with van der Waals surface area (Å²) in [5.41, 5.74) is 1.66. The molecule has 2 rings (SSSR count). The van der Waals surface area contributed by atoms with E-state index in [9.17, 15) is 9.59 Å². The minimum absolute atomic E-state index is 0.210. The first kappa shape index (κ1) is 8.04. The molecular formula is C9H10N2O2. The number of nitrogens with one attached hydrogen (secondary N) is 2. The van der Waals surface area contributed by atoms with Crippen LogP contribution in [0.4, 0.5) is 0 Å². The molecule has 4 nitrogen and oxygen atoms in total. The molecule has 1 fully saturated rings. The van der Waals surface area contributed by atoms with Gasteiger partial charge in [-0.25, -0.2) is 0 Å². The number of amides is 2. The number of carbonyl (C=O) groups excluding carboxylic acids is 2. The van der Waals surface area contributed by atoms with E-state index in [0.29, 0.717) is 13.1 Å². The lowest BCUT2D eigenvalue weighted by atomic mass is 10.0. The Bertz CT molecular complexity index is 331. The topological polar surface area (TPSA) is 58.2 Å². The van der Waals surface area contributed by atoms with Gasteiger partial charge in [0, 0.05) is 13.1 Å². The second-order valence-electron chi connectivity index (χ2n) is 3.25. The van der Waals surface area contributed by atoms with Crippen molar-refractivity contribution in [3.05, 3.63) is 23.8 Å². The molecule has 0 bridgehead atoms. The fraction of sp³-hybridized carbons (Fsp3) is 0.333. The summed E-state index contributed by atoms with van der Waals surface area (Å²) < 4.78 is 0. The zero-order valence-corrected chi connectivity index (χ0v) is 7.09. The van der Waals surface area contributed by atoms with Crippen molar-refractivity contribution >= 4 is 11.8 Å². The molecule has 1 unspecified atom stereocenters. The fourth-order valence-electron chi connectivity index (χ4n) is 1.60. The van der Waals surface area contributed by atoms with E-state index in [1.807, 2.05) is 6.08 Å². The van der Waals surface area contributed by atoms with Gasteiger partial charge in [0.1, 0.15) is 5.92 Å². The van der Waals surface area contributed by atoms with E-state index in [2.05, 4.69) is 17.2 Å². The summed E-state index contributed by atoms with van der Waals surface area (Å²) in [5, 5.41) is 5.28. The smallest absolute Gasteiger partial charge is 0.237 e. The van der Waals surface area contributed by atoms with Gasteiger partial charge >= 0.3 is 0 Å². The summed E-state index contributed by atoms with van der Waals surface area (Å²) in [5.74, 6) is -1.06. The van der Waals surface area contributed by atoms with E-state index in [1.165, 1.54) is 0 Å². The maximum Gasteiger partial charge on any atom is 0.237 e. The van der Waals surface area contributed by atoms with Crippen LogP contribution in [0.5, 0.6) is 0 Å². The highest BCUT2D eigenvalue weighted by molar-refractivity contribution is 6.05. The standard InChI is InChI=1S/C9H10N2O2/c1-5-2-6-4-11-9(13)7(6)8(12)10-3-5/h2,7H,1,3-4H2,(H,10,12)(H,11,13). The summed E-state index contributed by atoms with van der Waals surface area (Å²) in [6.07, 6.45) is 1.82. The molecule has 0 radical (unpaired) electrons. The Balaban J connectivity index is 2.39. The van der Waals surface area contributed by atoms with Gasteiger partial charge < -0.3 is 10.6 Å². The van der Waals surface area contributed by atoms with Crippen molar-refractivity contribution < 1.29 is 9.59 Å². The lowest BCUT2D eigenvalue weighted by molar-refractivity contribution is -0.131. The molecular weight excluding hydrogens is 168 g/mol. The molecule has 4 heteroatoms. The third-order valence-corrected chi connectivity index (χ3v) is 2.24. The maximum atomic E-state index is 11.4. The van der Waals surface area contributed by atoms with Crippen molar-refractivity contribution in [3.63, 3.8) is 0 Å². The van der Waals surface area contributed by atoms with E-state index < -0.39 is 5.92 Å². The van der Waals surface area contributed by atoms with Gasteiger partial charge in [0.15, 0.2) is 0 Å². The highest BCUT2D eigenvalue weighted by Gasteiger charge is 2.36. The molecule has 1 saturated heterocycles. The number of hydrogen-bond donors (Lipinski definition) is 2. The van der Waals surface area contributed by atoms with Crippen LogP contribution in [0.3, 0.4) is 0 Å². The SMILES string of the molecule is C=C1C=C2CNC(=O)C2C(=O)NC1. The monoisotopic (exact) mass is 178 g/mol. The van der Waals surface area contributed by atoms with Gasteiger partial charge in [-0.1, -0.05) is 12.7 Å². The summed E-state index contributed by atoms with van der Waals surface area (Å²) >= 11 is 0. The third kappa shape index (κ3) is 1.24. The third-order valence-electron chi connectivity index (χ3n) is 2.24. The molecule has 0 saturated carbocycles. The van der Waals surface area contributed by atoms with Crippen molar-refractivity contribution in [2.24, 2.45) is 5.92 Å². The average molecular weight is 178 g/mol. The molecule has 68 valence electrons. The first-order valence-corrected chi connectivity index (χ1v) is 4.12. The van der Waals surface area contributed by atoms with Crippen molar-refractivity contribution in [3.8, 4) is 0 Å². The number of carbonyl (C=O) groups is 2. The molecule has 2 aliphatic heterocycles. The molecule has 1 atom stereocenters. The van der Waals surface area contributed by atoms with Gasteiger partial charge in [0.25, 0.3) is 0 Å². The molecule has 2 heterocycles. The summed E-state index contributed by atoms with van der Waals surface area (Å²) in [4.78, 5) is 22.6. The quantitative estimate of drug-likeness (QED) is 0.484. The molecule has 2 aliphatic rings. The Labute approximate surface area is 75.7 Å². The van der Waals surface area contributed by atoms with Gasteiger partial charge in [0.05, 0.1) is 0 Å². The normalized spacial score (nSPS) is 27.2. The first-order chi connectivity index (χ1) is 6.18. The van der Waals surface area contributed by atoms with Gasteiger partial charge in [-0.05, 0) is 11.1 Å². The lowest BCUT2D eigenvalue weighted by Gasteiger charge is -2.04. The Morgan fingerprint density at radius 2 is 1.85 bits per heavy atom. The molecule has 0 aliphatic carbocycles. The van der Waals surface area contributed by atoms with Crippen LogP contribution in [0.2, 0.25) is 0 Å². The van der Waals surface area contributed by atoms with Crippen LogP contribution in [0.15, 0.2) is 23.8 Å².